The van der Waals surface area contributed by atoms with Gasteiger partial charge in [0.1, 0.15) is 12.2 Å². The standard InChI is InChI=1S/C22H32N2O5/c1-15-17-8-7-16(14-24(21(26)27)13-12-23-10-3-4-11-23)6-5-9-22(2)19(29-22)18(17)28-20(15)25/h6,17-19H,1,3-5,7-14H2,2H3,(H,26,27)/b16-6+/t17-,18-,19-,22+/m0/s1. The van der Waals surface area contributed by atoms with E-state index in [0.717, 1.165) is 50.9 Å². The van der Waals surface area contributed by atoms with Crippen LogP contribution in [0.3, 0.4) is 0 Å². The van der Waals surface area contributed by atoms with Gasteiger partial charge in [-0.05, 0) is 58.5 Å². The maximum Gasteiger partial charge on any atom is 0.407 e. The van der Waals surface area contributed by atoms with Gasteiger partial charge in [0.25, 0.3) is 0 Å². The smallest absolute Gasteiger partial charge is 0.407 e. The van der Waals surface area contributed by atoms with Gasteiger partial charge in [-0.15, -0.1) is 0 Å². The lowest BCUT2D eigenvalue weighted by Crippen LogP contribution is -2.38. The maximum atomic E-state index is 12.1. The molecular formula is C22H32N2O5. The number of carbonyl (C=O) groups excluding carboxylic acids is 1. The molecule has 0 aromatic rings. The van der Waals surface area contributed by atoms with Crippen molar-refractivity contribution in [1.82, 2.24) is 9.80 Å². The topological polar surface area (TPSA) is 82.6 Å². The summed E-state index contributed by atoms with van der Waals surface area (Å²) in [5, 5.41) is 9.70. The van der Waals surface area contributed by atoms with Crippen LogP contribution in [0, 0.1) is 5.92 Å². The molecule has 0 aromatic heterocycles. The van der Waals surface area contributed by atoms with E-state index in [1.54, 1.807) is 0 Å². The number of amides is 1. The Kier molecular flexibility index (Phi) is 5.71. The fraction of sp³-hybridized carbons (Fsp3) is 0.727. The number of nitrogens with zero attached hydrogens (tertiary/aromatic N) is 2. The van der Waals surface area contributed by atoms with Gasteiger partial charge in [-0.25, -0.2) is 9.59 Å². The minimum absolute atomic E-state index is 0.0540. The number of ether oxygens (including phenoxy) is 2. The van der Waals surface area contributed by atoms with Crippen molar-refractivity contribution in [3.05, 3.63) is 23.8 Å². The van der Waals surface area contributed by atoms with Crippen LogP contribution in [0.1, 0.15) is 45.4 Å². The molecule has 3 aliphatic heterocycles. The first-order valence-electron chi connectivity index (χ1n) is 10.8. The Morgan fingerprint density at radius 3 is 2.90 bits per heavy atom. The highest BCUT2D eigenvalue weighted by molar-refractivity contribution is 5.91. The number of hydrogen-bond donors (Lipinski definition) is 1. The summed E-state index contributed by atoms with van der Waals surface area (Å²) in [5.74, 6) is -0.376. The van der Waals surface area contributed by atoms with Crippen LogP contribution in [0.25, 0.3) is 0 Å². The van der Waals surface area contributed by atoms with Gasteiger partial charge in [0.2, 0.25) is 0 Å². The van der Waals surface area contributed by atoms with Gasteiger partial charge in [-0.2, -0.15) is 0 Å². The first kappa shape index (κ1) is 20.4. The van der Waals surface area contributed by atoms with Gasteiger partial charge in [-0.1, -0.05) is 18.2 Å². The molecule has 4 atom stereocenters. The van der Waals surface area contributed by atoms with Crippen LogP contribution in [-0.4, -0.2) is 77.5 Å². The molecule has 1 amide bonds. The minimum Gasteiger partial charge on any atom is -0.465 e. The highest BCUT2D eigenvalue weighted by Crippen LogP contribution is 2.49. The number of epoxide rings is 1. The van der Waals surface area contributed by atoms with Crippen LogP contribution >= 0.6 is 0 Å². The summed E-state index contributed by atoms with van der Waals surface area (Å²) in [6.45, 7) is 9.88. The molecule has 0 radical (unpaired) electrons. The third-order valence-corrected chi connectivity index (χ3v) is 6.99. The summed E-state index contributed by atoms with van der Waals surface area (Å²) in [5.41, 5.74) is 1.37. The van der Waals surface area contributed by atoms with Crippen molar-refractivity contribution >= 4 is 12.1 Å². The quantitative estimate of drug-likeness (QED) is 0.328. The van der Waals surface area contributed by atoms with Gasteiger partial charge in [0, 0.05) is 31.1 Å². The molecule has 0 unspecified atom stereocenters. The Bertz CT molecular complexity index is 714. The SMILES string of the molecule is C=C1C(=O)O[C@H]2[C@H]1CC/C(CN(CCN1CCCC1)C(=O)O)=C\CC[C@@]1(C)O[C@@H]21. The number of allylic oxidation sites excluding steroid dienone is 1. The molecule has 0 bridgehead atoms. The predicted molar refractivity (Wildman–Crippen MR) is 108 cm³/mol. The highest BCUT2D eigenvalue weighted by Gasteiger charge is 2.61. The van der Waals surface area contributed by atoms with Crippen LogP contribution < -0.4 is 0 Å². The van der Waals surface area contributed by atoms with Gasteiger partial charge < -0.3 is 24.4 Å². The van der Waals surface area contributed by atoms with E-state index in [4.69, 9.17) is 9.47 Å². The zero-order valence-corrected chi connectivity index (χ0v) is 17.3. The summed E-state index contributed by atoms with van der Waals surface area (Å²) in [7, 11) is 0. The first-order chi connectivity index (χ1) is 13.9. The van der Waals surface area contributed by atoms with Crippen LogP contribution in [0.5, 0.6) is 0 Å². The molecule has 3 heterocycles. The Morgan fingerprint density at radius 2 is 2.17 bits per heavy atom. The maximum absolute atomic E-state index is 12.1. The van der Waals surface area contributed by atoms with E-state index < -0.39 is 6.09 Å². The lowest BCUT2D eigenvalue weighted by Gasteiger charge is -2.25. The summed E-state index contributed by atoms with van der Waals surface area (Å²) < 4.78 is 11.5. The summed E-state index contributed by atoms with van der Waals surface area (Å²) in [6.07, 6.45) is 6.55. The second kappa shape index (κ2) is 8.11. The van der Waals surface area contributed by atoms with Crippen LogP contribution in [-0.2, 0) is 14.3 Å². The zero-order chi connectivity index (χ0) is 20.6. The molecular weight excluding hydrogens is 372 g/mol. The van der Waals surface area contributed by atoms with Crippen molar-refractivity contribution in [1.29, 1.82) is 0 Å². The van der Waals surface area contributed by atoms with E-state index in [9.17, 15) is 14.7 Å². The normalized spacial score (nSPS) is 36.6. The molecule has 3 fully saturated rings. The molecule has 4 aliphatic rings. The van der Waals surface area contributed by atoms with Crippen molar-refractivity contribution in [2.24, 2.45) is 5.92 Å². The molecule has 1 N–H and O–H groups in total. The Morgan fingerprint density at radius 1 is 1.41 bits per heavy atom. The van der Waals surface area contributed by atoms with E-state index in [1.807, 2.05) is 0 Å². The number of esters is 1. The Hall–Kier alpha value is -1.86. The summed E-state index contributed by atoms with van der Waals surface area (Å²) in [6, 6.07) is 0. The van der Waals surface area contributed by atoms with E-state index in [1.165, 1.54) is 17.7 Å². The lowest BCUT2D eigenvalue weighted by atomic mass is 9.84. The molecule has 0 spiro atoms. The largest absolute Gasteiger partial charge is 0.465 e. The molecule has 160 valence electrons. The molecule has 4 rings (SSSR count). The predicted octanol–water partition coefficient (Wildman–Crippen LogP) is 2.82. The second-order valence-corrected chi connectivity index (χ2v) is 9.05. The monoisotopic (exact) mass is 404 g/mol. The van der Waals surface area contributed by atoms with Crippen molar-refractivity contribution in [3.63, 3.8) is 0 Å². The van der Waals surface area contributed by atoms with Crippen LogP contribution in [0.4, 0.5) is 4.79 Å². The average Bonchev–Trinajstić information content (AvgIpc) is 3.00. The molecule has 7 nitrogen and oxygen atoms in total. The van der Waals surface area contributed by atoms with Crippen LogP contribution in [0.2, 0.25) is 0 Å². The van der Waals surface area contributed by atoms with Gasteiger partial charge >= 0.3 is 12.1 Å². The average molecular weight is 405 g/mol. The molecule has 29 heavy (non-hydrogen) atoms. The number of rotatable bonds is 5. The minimum atomic E-state index is -0.874. The fourth-order valence-electron chi connectivity index (χ4n) is 5.02. The van der Waals surface area contributed by atoms with Crippen LogP contribution in [0.15, 0.2) is 23.8 Å². The third-order valence-electron chi connectivity index (χ3n) is 6.99. The fourth-order valence-corrected chi connectivity index (χ4v) is 5.02. The van der Waals surface area contributed by atoms with Gasteiger partial charge in [0.15, 0.2) is 0 Å². The Balaban J connectivity index is 1.43. The van der Waals surface area contributed by atoms with E-state index in [0.29, 0.717) is 18.7 Å². The molecule has 3 saturated heterocycles. The van der Waals surface area contributed by atoms with Crippen molar-refractivity contribution in [2.75, 3.05) is 32.7 Å². The van der Waals surface area contributed by atoms with Crippen molar-refractivity contribution in [2.45, 2.75) is 63.3 Å². The molecule has 7 heteroatoms. The summed E-state index contributed by atoms with van der Waals surface area (Å²) in [4.78, 5) is 27.8. The number of carbonyl (C=O) groups is 2. The van der Waals surface area contributed by atoms with Gasteiger partial charge in [0.05, 0.1) is 5.60 Å². The van der Waals surface area contributed by atoms with Crippen molar-refractivity contribution in [3.8, 4) is 0 Å². The number of fused-ring (bicyclic) bond motifs is 3. The lowest BCUT2D eigenvalue weighted by molar-refractivity contribution is -0.140. The van der Waals surface area contributed by atoms with E-state index >= 15 is 0 Å². The van der Waals surface area contributed by atoms with Gasteiger partial charge in [-0.3, -0.25) is 0 Å². The molecule has 0 saturated carbocycles. The first-order valence-corrected chi connectivity index (χ1v) is 10.8. The van der Waals surface area contributed by atoms with Crippen molar-refractivity contribution < 1.29 is 24.2 Å². The number of likely N-dealkylation sites (tertiary alicyclic amines) is 1. The number of hydrogen-bond acceptors (Lipinski definition) is 5. The highest BCUT2D eigenvalue weighted by atomic mass is 16.6. The van der Waals surface area contributed by atoms with E-state index in [2.05, 4.69) is 24.5 Å². The molecule has 0 aromatic carbocycles. The second-order valence-electron chi connectivity index (χ2n) is 9.05. The van der Waals surface area contributed by atoms with E-state index in [-0.39, 0.29) is 29.7 Å². The number of carboxylic acid groups (broad SMARTS) is 1. The summed E-state index contributed by atoms with van der Waals surface area (Å²) >= 11 is 0. The molecule has 1 aliphatic carbocycles. The third kappa shape index (κ3) is 4.36. The zero-order valence-electron chi connectivity index (χ0n) is 17.3. The Labute approximate surface area is 172 Å².